The predicted molar refractivity (Wildman–Crippen MR) is 116 cm³/mol. The zero-order valence-electron chi connectivity index (χ0n) is 17.4. The third-order valence-corrected chi connectivity index (χ3v) is 5.25. The van der Waals surface area contributed by atoms with Gasteiger partial charge in [0.05, 0.1) is 5.52 Å². The Labute approximate surface area is 172 Å². The number of aryl methyl sites for hydroxylation is 2. The van der Waals surface area contributed by atoms with Crippen LogP contribution in [0.2, 0.25) is 0 Å². The maximum Gasteiger partial charge on any atom is 0.224 e. The van der Waals surface area contributed by atoms with E-state index < -0.39 is 0 Å². The molecule has 1 amide bonds. The molecule has 0 bridgehead atoms. The molecule has 2 N–H and O–H groups in total. The van der Waals surface area contributed by atoms with E-state index in [-0.39, 0.29) is 5.91 Å². The van der Waals surface area contributed by atoms with Crippen molar-refractivity contribution in [3.05, 3.63) is 36.3 Å². The zero-order valence-corrected chi connectivity index (χ0v) is 17.4. The maximum absolute atomic E-state index is 12.1. The molecule has 7 heteroatoms. The summed E-state index contributed by atoms with van der Waals surface area (Å²) in [5.41, 5.74) is 2.08. The molecule has 0 radical (unpaired) electrons. The van der Waals surface area contributed by atoms with Gasteiger partial charge < -0.3 is 9.88 Å². The number of amides is 1. The van der Waals surface area contributed by atoms with E-state index in [0.29, 0.717) is 6.42 Å². The van der Waals surface area contributed by atoms with Crippen molar-refractivity contribution in [1.29, 1.82) is 0 Å². The monoisotopic (exact) mass is 396 g/mol. The molecule has 0 aliphatic heterocycles. The Morgan fingerprint density at radius 2 is 1.93 bits per heavy atom. The van der Waals surface area contributed by atoms with Crippen LogP contribution in [0.5, 0.6) is 0 Å². The summed E-state index contributed by atoms with van der Waals surface area (Å²) in [6, 6.07) is 8.32. The van der Waals surface area contributed by atoms with E-state index >= 15 is 0 Å². The van der Waals surface area contributed by atoms with E-state index in [0.717, 1.165) is 56.6 Å². The van der Waals surface area contributed by atoms with Gasteiger partial charge in [-0.25, -0.2) is 0 Å². The first-order valence-corrected chi connectivity index (χ1v) is 10.9. The number of nitrogens with one attached hydrogen (secondary N) is 2. The highest BCUT2D eigenvalue weighted by Gasteiger charge is 2.06. The van der Waals surface area contributed by atoms with Gasteiger partial charge in [0.15, 0.2) is 5.82 Å². The number of nitrogens with zero attached hydrogens (tertiary/aromatic N) is 4. The maximum atomic E-state index is 12.1. The van der Waals surface area contributed by atoms with Crippen molar-refractivity contribution in [2.45, 2.75) is 77.7 Å². The van der Waals surface area contributed by atoms with Gasteiger partial charge >= 0.3 is 0 Å². The minimum Gasteiger partial charge on any atom is -0.347 e. The van der Waals surface area contributed by atoms with Crippen molar-refractivity contribution in [2.24, 2.45) is 0 Å². The van der Waals surface area contributed by atoms with E-state index in [1.54, 1.807) is 0 Å². The normalized spacial score (nSPS) is 11.2. The second kappa shape index (κ2) is 11.3. The average Bonchev–Trinajstić information content (AvgIpc) is 3.37. The van der Waals surface area contributed by atoms with Gasteiger partial charge in [0.2, 0.25) is 5.91 Å². The van der Waals surface area contributed by atoms with Crippen LogP contribution in [0.25, 0.3) is 10.9 Å². The second-order valence-electron chi connectivity index (χ2n) is 7.63. The molecule has 0 fully saturated rings. The zero-order chi connectivity index (χ0) is 20.3. The molecule has 156 valence electrons. The van der Waals surface area contributed by atoms with Crippen molar-refractivity contribution < 1.29 is 4.79 Å². The highest BCUT2D eigenvalue weighted by Crippen LogP contribution is 2.22. The van der Waals surface area contributed by atoms with Crippen LogP contribution in [0.15, 0.2) is 30.5 Å². The van der Waals surface area contributed by atoms with Gasteiger partial charge in [-0.1, -0.05) is 50.3 Å². The largest absolute Gasteiger partial charge is 0.347 e. The van der Waals surface area contributed by atoms with Gasteiger partial charge in [-0.3, -0.25) is 4.79 Å². The molecule has 3 aromatic rings. The van der Waals surface area contributed by atoms with Crippen molar-refractivity contribution in [2.75, 3.05) is 5.32 Å². The molecule has 1 aromatic carbocycles. The lowest BCUT2D eigenvalue weighted by Crippen LogP contribution is -2.11. The molecule has 0 atom stereocenters. The second-order valence-corrected chi connectivity index (χ2v) is 7.63. The van der Waals surface area contributed by atoms with Crippen LogP contribution in [-0.2, 0) is 17.8 Å². The smallest absolute Gasteiger partial charge is 0.224 e. The lowest BCUT2D eigenvalue weighted by atomic mass is 10.1. The first-order chi connectivity index (χ1) is 14.3. The van der Waals surface area contributed by atoms with E-state index in [2.05, 4.69) is 61.8 Å². The van der Waals surface area contributed by atoms with Gasteiger partial charge in [-0.15, -0.1) is 10.2 Å². The molecule has 2 heterocycles. The summed E-state index contributed by atoms with van der Waals surface area (Å²) < 4.78 is 2.29. The van der Waals surface area contributed by atoms with Gasteiger partial charge in [-0.2, -0.15) is 5.21 Å². The summed E-state index contributed by atoms with van der Waals surface area (Å²) in [6.07, 6.45) is 12.7. The number of anilines is 1. The summed E-state index contributed by atoms with van der Waals surface area (Å²) in [5, 5.41) is 18.3. The van der Waals surface area contributed by atoms with Crippen molar-refractivity contribution in [1.82, 2.24) is 25.2 Å². The number of carbonyl (C=O) groups excluding carboxylic acids is 1. The third-order valence-electron chi connectivity index (χ3n) is 5.25. The summed E-state index contributed by atoms with van der Waals surface area (Å²) in [5.74, 6) is 0.911. The number of H-pyrrole nitrogens is 1. The van der Waals surface area contributed by atoms with Crippen LogP contribution >= 0.6 is 0 Å². The number of hydrogen-bond donors (Lipinski definition) is 2. The summed E-state index contributed by atoms with van der Waals surface area (Å²) in [7, 11) is 0. The molecule has 0 spiro atoms. The fourth-order valence-corrected chi connectivity index (χ4v) is 3.60. The number of aromatic nitrogens is 5. The highest BCUT2D eigenvalue weighted by molar-refractivity contribution is 5.93. The van der Waals surface area contributed by atoms with Crippen molar-refractivity contribution in [3.63, 3.8) is 0 Å². The SMILES string of the molecule is CCCCCC(=O)Nc1ccc2ccn(CCCCCCCc3nn[nH]n3)c2c1. The lowest BCUT2D eigenvalue weighted by Gasteiger charge is -2.09. The molecule has 2 aromatic heterocycles. The number of unbranched alkanes of at least 4 members (excludes halogenated alkanes) is 6. The Bertz CT molecular complexity index is 871. The van der Waals surface area contributed by atoms with Crippen molar-refractivity contribution in [3.8, 4) is 0 Å². The molecular formula is C22H32N6O. The first kappa shape index (κ1) is 21.0. The number of aromatic amines is 1. The molecule has 0 aliphatic rings. The summed E-state index contributed by atoms with van der Waals surface area (Å²) in [6.45, 7) is 3.15. The molecule has 0 saturated carbocycles. The fourth-order valence-electron chi connectivity index (χ4n) is 3.60. The molecule has 7 nitrogen and oxygen atoms in total. The number of tetrazole rings is 1. The highest BCUT2D eigenvalue weighted by atomic mass is 16.1. The lowest BCUT2D eigenvalue weighted by molar-refractivity contribution is -0.116. The standard InChI is InChI=1S/C22H32N6O/c1-2-3-7-11-22(29)23-19-13-12-18-14-16-28(20(18)17-19)15-9-6-4-5-8-10-21-24-26-27-25-21/h12-14,16-17H,2-11,15H2,1H3,(H,23,29)(H,24,25,26,27). The number of fused-ring (bicyclic) bond motifs is 1. The average molecular weight is 397 g/mol. The Morgan fingerprint density at radius 1 is 1.07 bits per heavy atom. The fraction of sp³-hybridized carbons (Fsp3) is 0.545. The van der Waals surface area contributed by atoms with Gasteiger partial charge in [0.25, 0.3) is 0 Å². The molecular weight excluding hydrogens is 364 g/mol. The summed E-state index contributed by atoms with van der Waals surface area (Å²) in [4.78, 5) is 12.1. The predicted octanol–water partition coefficient (Wildman–Crippen LogP) is 4.87. The minimum atomic E-state index is 0.108. The van der Waals surface area contributed by atoms with E-state index in [1.165, 1.54) is 30.2 Å². The number of carbonyl (C=O) groups is 1. The molecule has 29 heavy (non-hydrogen) atoms. The van der Waals surface area contributed by atoms with Gasteiger partial charge in [-0.05, 0) is 42.8 Å². The Hall–Kier alpha value is -2.70. The number of rotatable bonds is 13. The Morgan fingerprint density at radius 3 is 2.76 bits per heavy atom. The van der Waals surface area contributed by atoms with Crippen LogP contribution in [0, 0.1) is 0 Å². The van der Waals surface area contributed by atoms with Crippen LogP contribution in [0.4, 0.5) is 5.69 Å². The van der Waals surface area contributed by atoms with E-state index in [4.69, 9.17) is 0 Å². The molecule has 0 unspecified atom stereocenters. The Balaban J connectivity index is 1.41. The Kier molecular flexibility index (Phi) is 8.22. The van der Waals surface area contributed by atoms with Gasteiger partial charge in [0, 0.05) is 31.3 Å². The molecule has 3 rings (SSSR count). The van der Waals surface area contributed by atoms with E-state index in [9.17, 15) is 4.79 Å². The third kappa shape index (κ3) is 6.69. The van der Waals surface area contributed by atoms with Crippen LogP contribution in [-0.4, -0.2) is 31.1 Å². The number of hydrogen-bond acceptors (Lipinski definition) is 4. The minimum absolute atomic E-state index is 0.108. The van der Waals surface area contributed by atoms with Crippen LogP contribution in [0.1, 0.15) is 70.5 Å². The summed E-state index contributed by atoms with van der Waals surface area (Å²) >= 11 is 0. The van der Waals surface area contributed by atoms with E-state index in [1.807, 2.05) is 6.07 Å². The van der Waals surface area contributed by atoms with Crippen LogP contribution in [0.3, 0.4) is 0 Å². The molecule has 0 saturated heterocycles. The quantitative estimate of drug-likeness (QED) is 0.404. The number of benzene rings is 1. The van der Waals surface area contributed by atoms with Gasteiger partial charge in [0.1, 0.15) is 0 Å². The van der Waals surface area contributed by atoms with Crippen LogP contribution < -0.4 is 5.32 Å². The van der Waals surface area contributed by atoms with Crippen molar-refractivity contribution >= 4 is 22.5 Å². The topological polar surface area (TPSA) is 88.5 Å². The molecule has 0 aliphatic carbocycles. The first-order valence-electron chi connectivity index (χ1n) is 10.9.